The summed E-state index contributed by atoms with van der Waals surface area (Å²) < 4.78 is 65.2. The van der Waals surface area contributed by atoms with Crippen molar-refractivity contribution in [1.29, 1.82) is 0 Å². The van der Waals surface area contributed by atoms with Crippen LogP contribution in [0.15, 0.2) is 18.5 Å². The number of aliphatic carboxylic acids is 2. The second-order valence-corrected chi connectivity index (χ2v) is 7.50. The molecule has 3 N–H and O–H groups in total. The van der Waals surface area contributed by atoms with Crippen LogP contribution in [0.25, 0.3) is 0 Å². The lowest BCUT2D eigenvalue weighted by Crippen LogP contribution is -2.50. The molecule has 0 aliphatic carbocycles. The smallest absolute Gasteiger partial charge is 0.475 e. The monoisotopic (exact) mass is 557 g/mol. The van der Waals surface area contributed by atoms with E-state index in [0.29, 0.717) is 19.0 Å². The Balaban J connectivity index is 0.000000426. The van der Waals surface area contributed by atoms with Gasteiger partial charge in [-0.3, -0.25) is 15.0 Å². The lowest BCUT2D eigenvalue weighted by atomic mass is 10.2. The first-order chi connectivity index (χ1) is 17.5. The third-order valence-electron chi connectivity index (χ3n) is 4.77. The minimum Gasteiger partial charge on any atom is -0.475 e. The Bertz CT molecular complexity index is 1070. The summed E-state index contributed by atoms with van der Waals surface area (Å²) in [7, 11) is 1.83. The summed E-state index contributed by atoms with van der Waals surface area (Å²) in [5.74, 6) is -4.30. The molecule has 0 aromatic carbocycles. The highest BCUT2D eigenvalue weighted by Gasteiger charge is 2.38. The number of hydrogen-bond acceptors (Lipinski definition) is 7. The van der Waals surface area contributed by atoms with E-state index in [4.69, 9.17) is 19.8 Å². The predicted molar refractivity (Wildman–Crippen MR) is 120 cm³/mol. The zero-order valence-corrected chi connectivity index (χ0v) is 20.3. The number of pyridine rings is 1. The quantitative estimate of drug-likeness (QED) is 0.484. The molecule has 0 atom stereocenters. The first kappa shape index (κ1) is 31.9. The largest absolute Gasteiger partial charge is 0.490 e. The third kappa shape index (κ3) is 10.1. The number of rotatable bonds is 3. The van der Waals surface area contributed by atoms with Gasteiger partial charge in [0.1, 0.15) is 5.82 Å². The van der Waals surface area contributed by atoms with E-state index < -0.39 is 24.3 Å². The number of carbonyl (C=O) groups is 3. The summed E-state index contributed by atoms with van der Waals surface area (Å²) in [5.41, 5.74) is 2.34. The maximum absolute atomic E-state index is 12.4. The summed E-state index contributed by atoms with van der Waals surface area (Å²) in [6.07, 6.45) is -5.71. The fourth-order valence-electron chi connectivity index (χ4n) is 2.92. The standard InChI is InChI=1S/C16H23N7O.2C2HF3O2/c1-4-14-18-15(20-21(14)3)19-16(24)23-9-7-22(8-10-23)13-5-6-17-11-12(13)2;2*3-2(4,5)1(6)7/h5-6,11H,4,7-10H2,1-3H3,(H,19,20,24);2*(H,6,7). The number of nitrogens with one attached hydrogen (secondary N) is 1. The van der Waals surface area contributed by atoms with Gasteiger partial charge in [-0.2, -0.15) is 31.3 Å². The SMILES string of the molecule is CCc1nc(NC(=O)N2CCN(c3ccncc3C)CC2)nn1C.O=C(O)C(F)(F)F.O=C(O)C(F)(F)F. The van der Waals surface area contributed by atoms with Crippen LogP contribution in [0.2, 0.25) is 0 Å². The van der Waals surface area contributed by atoms with Gasteiger partial charge in [0.05, 0.1) is 0 Å². The highest BCUT2D eigenvalue weighted by atomic mass is 19.4. The molecule has 1 aliphatic rings. The summed E-state index contributed by atoms with van der Waals surface area (Å²) in [5, 5.41) is 21.3. The van der Waals surface area contributed by atoms with Crippen molar-refractivity contribution in [2.45, 2.75) is 32.6 Å². The molecule has 1 aliphatic heterocycles. The average molecular weight is 557 g/mol. The van der Waals surface area contributed by atoms with Gasteiger partial charge < -0.3 is 20.0 Å². The Kier molecular flexibility index (Phi) is 11.3. The summed E-state index contributed by atoms with van der Waals surface area (Å²) in [6.45, 7) is 7.00. The fraction of sp³-hybridized carbons (Fsp3) is 0.500. The van der Waals surface area contributed by atoms with Gasteiger partial charge in [-0.1, -0.05) is 6.92 Å². The maximum Gasteiger partial charge on any atom is 0.490 e. The molecule has 2 aromatic rings. The normalized spacial score (nSPS) is 13.5. The summed E-state index contributed by atoms with van der Waals surface area (Å²) >= 11 is 0. The van der Waals surface area contributed by atoms with E-state index in [1.54, 1.807) is 15.8 Å². The van der Waals surface area contributed by atoms with Crippen LogP contribution in [0.4, 0.5) is 42.8 Å². The predicted octanol–water partition coefficient (Wildman–Crippen LogP) is 2.70. The van der Waals surface area contributed by atoms with Gasteiger partial charge in [0, 0.05) is 57.7 Å². The molecule has 0 unspecified atom stereocenters. The van der Waals surface area contributed by atoms with Gasteiger partial charge in [0.15, 0.2) is 0 Å². The number of nitrogens with zero attached hydrogens (tertiary/aromatic N) is 6. The number of halogens is 6. The van der Waals surface area contributed by atoms with Gasteiger partial charge in [-0.15, -0.1) is 5.10 Å². The first-order valence-electron chi connectivity index (χ1n) is 10.7. The zero-order valence-electron chi connectivity index (χ0n) is 20.3. The Morgan fingerprint density at radius 3 is 1.89 bits per heavy atom. The van der Waals surface area contributed by atoms with Crippen molar-refractivity contribution in [1.82, 2.24) is 24.6 Å². The highest BCUT2D eigenvalue weighted by molar-refractivity contribution is 5.87. The van der Waals surface area contributed by atoms with E-state index in [0.717, 1.165) is 30.9 Å². The molecule has 1 fully saturated rings. The van der Waals surface area contributed by atoms with Crippen LogP contribution in [0.1, 0.15) is 18.3 Å². The van der Waals surface area contributed by atoms with Crippen LogP contribution in [0, 0.1) is 6.92 Å². The molecule has 0 radical (unpaired) electrons. The van der Waals surface area contributed by atoms with Gasteiger partial charge in [-0.05, 0) is 18.6 Å². The summed E-state index contributed by atoms with van der Waals surface area (Å²) in [6, 6.07) is 1.88. The Morgan fingerprint density at radius 1 is 1.00 bits per heavy atom. The molecule has 3 heterocycles. The zero-order chi connectivity index (χ0) is 29.3. The first-order valence-corrected chi connectivity index (χ1v) is 10.7. The van der Waals surface area contributed by atoms with Crippen molar-refractivity contribution >= 4 is 29.6 Å². The van der Waals surface area contributed by atoms with Crippen LogP contribution >= 0.6 is 0 Å². The maximum atomic E-state index is 12.4. The van der Waals surface area contributed by atoms with E-state index in [1.807, 2.05) is 26.2 Å². The molecule has 212 valence electrons. The second kappa shape index (κ2) is 13.4. The summed E-state index contributed by atoms with van der Waals surface area (Å²) in [4.78, 5) is 42.7. The number of amides is 2. The molecule has 1 saturated heterocycles. The van der Waals surface area contributed by atoms with Gasteiger partial charge in [0.25, 0.3) is 0 Å². The molecule has 0 saturated carbocycles. The number of carbonyl (C=O) groups excluding carboxylic acids is 1. The highest BCUT2D eigenvalue weighted by Crippen LogP contribution is 2.20. The lowest BCUT2D eigenvalue weighted by Gasteiger charge is -2.36. The van der Waals surface area contributed by atoms with Crippen LogP contribution in [0.5, 0.6) is 0 Å². The Morgan fingerprint density at radius 2 is 1.50 bits per heavy atom. The van der Waals surface area contributed by atoms with Crippen molar-refractivity contribution in [3.05, 3.63) is 29.8 Å². The molecule has 0 spiro atoms. The Hall–Kier alpha value is -4.12. The molecule has 18 heteroatoms. The Labute approximate surface area is 211 Å². The van der Waals surface area contributed by atoms with Crippen molar-refractivity contribution in [2.24, 2.45) is 7.05 Å². The number of urea groups is 1. The average Bonchev–Trinajstić information content (AvgIpc) is 3.18. The molecule has 12 nitrogen and oxygen atoms in total. The number of anilines is 2. The minimum atomic E-state index is -5.08. The van der Waals surface area contributed by atoms with Crippen molar-refractivity contribution in [3.8, 4) is 0 Å². The second-order valence-electron chi connectivity index (χ2n) is 7.50. The van der Waals surface area contributed by atoms with Crippen LogP contribution in [0.3, 0.4) is 0 Å². The molecule has 2 aromatic heterocycles. The van der Waals surface area contributed by atoms with Crippen LogP contribution in [-0.4, -0.2) is 91.4 Å². The molecule has 2 amide bonds. The number of piperazine rings is 1. The molecular formula is C20H25F6N7O5. The molecule has 38 heavy (non-hydrogen) atoms. The lowest BCUT2D eigenvalue weighted by molar-refractivity contribution is -0.193. The van der Waals surface area contributed by atoms with Crippen molar-refractivity contribution < 1.29 is 50.9 Å². The van der Waals surface area contributed by atoms with Crippen molar-refractivity contribution in [2.75, 3.05) is 36.4 Å². The van der Waals surface area contributed by atoms with Gasteiger partial charge in [0.2, 0.25) is 5.95 Å². The fourth-order valence-corrected chi connectivity index (χ4v) is 2.92. The minimum absolute atomic E-state index is 0.144. The number of carboxylic acid groups (broad SMARTS) is 2. The number of alkyl halides is 6. The number of aryl methyl sites for hydroxylation is 3. The van der Waals surface area contributed by atoms with E-state index >= 15 is 0 Å². The number of aromatic nitrogens is 4. The third-order valence-corrected chi connectivity index (χ3v) is 4.77. The van der Waals surface area contributed by atoms with Crippen LogP contribution in [-0.2, 0) is 23.1 Å². The molecule has 3 rings (SSSR count). The number of carboxylic acids is 2. The van der Waals surface area contributed by atoms with E-state index in [9.17, 15) is 31.1 Å². The van der Waals surface area contributed by atoms with Gasteiger partial charge >= 0.3 is 30.3 Å². The molecule has 0 bridgehead atoms. The van der Waals surface area contributed by atoms with E-state index in [-0.39, 0.29) is 6.03 Å². The number of hydrogen-bond donors (Lipinski definition) is 3. The van der Waals surface area contributed by atoms with Crippen molar-refractivity contribution in [3.63, 3.8) is 0 Å². The van der Waals surface area contributed by atoms with Crippen LogP contribution < -0.4 is 10.2 Å². The van der Waals surface area contributed by atoms with E-state index in [2.05, 4.69) is 32.2 Å². The molecular weight excluding hydrogens is 532 g/mol. The van der Waals surface area contributed by atoms with Gasteiger partial charge in [-0.25, -0.2) is 14.4 Å². The van der Waals surface area contributed by atoms with E-state index in [1.165, 1.54) is 5.69 Å². The topological polar surface area (TPSA) is 154 Å².